The number of carboxylic acids is 1. The minimum absolute atomic E-state index is 0.0847. The Labute approximate surface area is 119 Å². The molecule has 20 heavy (non-hydrogen) atoms. The molecule has 0 aromatic heterocycles. The van der Waals surface area contributed by atoms with E-state index in [1.807, 2.05) is 18.2 Å². The first kappa shape index (κ1) is 12.4. The molecule has 0 amide bonds. The highest BCUT2D eigenvalue weighted by atomic mass is 16.4. The lowest BCUT2D eigenvalue weighted by Gasteiger charge is -2.59. The van der Waals surface area contributed by atoms with E-state index in [1.165, 1.54) is 12.8 Å². The van der Waals surface area contributed by atoms with E-state index in [0.717, 1.165) is 30.7 Å². The molecule has 4 bridgehead atoms. The SMILES string of the molecule is NC1C2CC3CC1CC(c1ccccc1C(=O)O)(C3)C2. The second-order valence-electron chi connectivity index (χ2n) is 7.18. The number of hydrogen-bond acceptors (Lipinski definition) is 2. The summed E-state index contributed by atoms with van der Waals surface area (Å²) in [5.74, 6) is 1.17. The molecule has 4 fully saturated rings. The Morgan fingerprint density at radius 3 is 2.45 bits per heavy atom. The van der Waals surface area contributed by atoms with Crippen molar-refractivity contribution in [1.82, 2.24) is 0 Å². The van der Waals surface area contributed by atoms with Crippen molar-refractivity contribution in [3.63, 3.8) is 0 Å². The fraction of sp³-hybridized carbons (Fsp3) is 0.588. The molecule has 4 aliphatic rings. The van der Waals surface area contributed by atoms with Crippen LogP contribution in [0.2, 0.25) is 0 Å². The van der Waals surface area contributed by atoms with Crippen LogP contribution in [0.5, 0.6) is 0 Å². The Morgan fingerprint density at radius 1 is 1.15 bits per heavy atom. The van der Waals surface area contributed by atoms with Gasteiger partial charge in [-0.1, -0.05) is 18.2 Å². The van der Waals surface area contributed by atoms with E-state index in [4.69, 9.17) is 5.73 Å². The summed E-state index contributed by atoms with van der Waals surface area (Å²) in [6.07, 6.45) is 5.86. The van der Waals surface area contributed by atoms with Gasteiger partial charge in [-0.15, -0.1) is 0 Å². The molecule has 1 aromatic carbocycles. The van der Waals surface area contributed by atoms with E-state index in [0.29, 0.717) is 23.4 Å². The number of aromatic carboxylic acids is 1. The molecule has 5 rings (SSSR count). The van der Waals surface area contributed by atoms with Crippen LogP contribution in [0.3, 0.4) is 0 Å². The molecule has 4 saturated carbocycles. The number of carboxylic acid groups (broad SMARTS) is 1. The van der Waals surface area contributed by atoms with Crippen LogP contribution in [0.1, 0.15) is 48.0 Å². The molecule has 0 spiro atoms. The molecule has 106 valence electrons. The molecule has 0 aliphatic heterocycles. The third-order valence-electron chi connectivity index (χ3n) is 6.07. The first-order chi connectivity index (χ1) is 9.59. The van der Waals surface area contributed by atoms with Crippen LogP contribution in [-0.2, 0) is 5.41 Å². The van der Waals surface area contributed by atoms with Gasteiger partial charge >= 0.3 is 5.97 Å². The zero-order chi connectivity index (χ0) is 13.9. The van der Waals surface area contributed by atoms with Crippen LogP contribution in [0, 0.1) is 17.8 Å². The van der Waals surface area contributed by atoms with Gasteiger partial charge in [0.25, 0.3) is 0 Å². The topological polar surface area (TPSA) is 63.3 Å². The number of hydrogen-bond donors (Lipinski definition) is 2. The first-order valence-corrected chi connectivity index (χ1v) is 7.67. The Hall–Kier alpha value is -1.35. The smallest absolute Gasteiger partial charge is 0.335 e. The molecular weight excluding hydrogens is 250 g/mol. The predicted molar refractivity (Wildman–Crippen MR) is 76.6 cm³/mol. The molecule has 2 unspecified atom stereocenters. The summed E-state index contributed by atoms with van der Waals surface area (Å²) in [6, 6.07) is 7.97. The van der Waals surface area contributed by atoms with Crippen molar-refractivity contribution in [3.05, 3.63) is 35.4 Å². The number of benzene rings is 1. The summed E-state index contributed by atoms with van der Waals surface area (Å²) in [5.41, 5.74) is 8.04. The summed E-state index contributed by atoms with van der Waals surface area (Å²) in [4.78, 5) is 11.6. The highest BCUT2D eigenvalue weighted by Gasteiger charge is 2.55. The van der Waals surface area contributed by atoms with Crippen molar-refractivity contribution in [2.75, 3.05) is 0 Å². The minimum atomic E-state index is -0.791. The van der Waals surface area contributed by atoms with Gasteiger partial charge < -0.3 is 10.8 Å². The van der Waals surface area contributed by atoms with E-state index in [2.05, 4.69) is 0 Å². The zero-order valence-electron chi connectivity index (χ0n) is 11.6. The molecule has 1 aromatic rings. The van der Waals surface area contributed by atoms with Gasteiger partial charge in [-0.05, 0) is 66.9 Å². The van der Waals surface area contributed by atoms with E-state index < -0.39 is 5.97 Å². The average Bonchev–Trinajstić information content (AvgIpc) is 2.43. The predicted octanol–water partition coefficient (Wildman–Crippen LogP) is 2.79. The largest absolute Gasteiger partial charge is 0.478 e. The monoisotopic (exact) mass is 271 g/mol. The van der Waals surface area contributed by atoms with Crippen molar-refractivity contribution in [2.45, 2.75) is 43.6 Å². The van der Waals surface area contributed by atoms with Gasteiger partial charge in [0.05, 0.1) is 5.56 Å². The normalized spacial score (nSPS) is 41.9. The van der Waals surface area contributed by atoms with E-state index in [9.17, 15) is 9.90 Å². The Balaban J connectivity index is 1.81. The van der Waals surface area contributed by atoms with Gasteiger partial charge in [-0.3, -0.25) is 0 Å². The highest BCUT2D eigenvalue weighted by molar-refractivity contribution is 5.89. The molecule has 4 aliphatic carbocycles. The van der Waals surface area contributed by atoms with Gasteiger partial charge in [0.1, 0.15) is 0 Å². The number of rotatable bonds is 2. The maximum Gasteiger partial charge on any atom is 0.335 e. The fourth-order valence-corrected chi connectivity index (χ4v) is 5.53. The van der Waals surface area contributed by atoms with Crippen molar-refractivity contribution in [2.24, 2.45) is 23.5 Å². The van der Waals surface area contributed by atoms with Crippen LogP contribution in [0.25, 0.3) is 0 Å². The average molecular weight is 271 g/mol. The quantitative estimate of drug-likeness (QED) is 0.869. The maximum absolute atomic E-state index is 11.6. The summed E-state index contributed by atoms with van der Waals surface area (Å²) in [7, 11) is 0. The molecule has 3 N–H and O–H groups in total. The summed E-state index contributed by atoms with van der Waals surface area (Å²) < 4.78 is 0. The Morgan fingerprint density at radius 2 is 1.80 bits per heavy atom. The summed E-state index contributed by atoms with van der Waals surface area (Å²) >= 11 is 0. The van der Waals surface area contributed by atoms with E-state index in [1.54, 1.807) is 6.07 Å². The molecule has 2 atom stereocenters. The van der Waals surface area contributed by atoms with Crippen LogP contribution >= 0.6 is 0 Å². The molecule has 3 heteroatoms. The lowest BCUT2D eigenvalue weighted by atomic mass is 9.46. The number of nitrogens with two attached hydrogens (primary N) is 1. The Bertz CT molecular complexity index is 552. The van der Waals surface area contributed by atoms with Crippen LogP contribution in [-0.4, -0.2) is 17.1 Å². The van der Waals surface area contributed by atoms with Gasteiger partial charge in [-0.25, -0.2) is 4.79 Å². The van der Waals surface area contributed by atoms with Crippen molar-refractivity contribution in [3.8, 4) is 0 Å². The number of carbonyl (C=O) groups is 1. The van der Waals surface area contributed by atoms with E-state index in [-0.39, 0.29) is 5.41 Å². The molecule has 0 heterocycles. The molecule has 3 nitrogen and oxygen atoms in total. The standard InChI is InChI=1S/C17H21NO2/c18-15-11-5-10-6-12(15)9-17(7-10,8-11)14-4-2-1-3-13(14)16(19)20/h1-4,10-12,15H,5-9,18H2,(H,19,20). The van der Waals surface area contributed by atoms with Gasteiger partial charge in [-0.2, -0.15) is 0 Å². The van der Waals surface area contributed by atoms with Crippen molar-refractivity contribution < 1.29 is 9.90 Å². The zero-order valence-corrected chi connectivity index (χ0v) is 11.6. The van der Waals surface area contributed by atoms with Crippen LogP contribution in [0.15, 0.2) is 24.3 Å². The lowest BCUT2D eigenvalue weighted by Crippen LogP contribution is -2.58. The third-order valence-corrected chi connectivity index (χ3v) is 6.07. The van der Waals surface area contributed by atoms with Gasteiger partial charge in [0.2, 0.25) is 0 Å². The second kappa shape index (κ2) is 4.08. The van der Waals surface area contributed by atoms with Crippen LogP contribution in [0.4, 0.5) is 0 Å². The van der Waals surface area contributed by atoms with Crippen molar-refractivity contribution >= 4 is 5.97 Å². The van der Waals surface area contributed by atoms with Crippen LogP contribution < -0.4 is 5.73 Å². The second-order valence-corrected chi connectivity index (χ2v) is 7.18. The summed E-state index contributed by atoms with van der Waals surface area (Å²) in [5, 5.41) is 9.49. The summed E-state index contributed by atoms with van der Waals surface area (Å²) in [6.45, 7) is 0. The highest BCUT2D eigenvalue weighted by Crippen LogP contribution is 2.60. The van der Waals surface area contributed by atoms with Crippen molar-refractivity contribution in [1.29, 1.82) is 0 Å². The molecule has 0 saturated heterocycles. The Kier molecular flexibility index (Phi) is 2.53. The van der Waals surface area contributed by atoms with E-state index >= 15 is 0 Å². The third kappa shape index (κ3) is 1.59. The maximum atomic E-state index is 11.6. The van der Waals surface area contributed by atoms with Gasteiger partial charge in [0, 0.05) is 6.04 Å². The molecular formula is C17H21NO2. The fourth-order valence-electron chi connectivity index (χ4n) is 5.53. The first-order valence-electron chi connectivity index (χ1n) is 7.67. The van der Waals surface area contributed by atoms with Gasteiger partial charge in [0.15, 0.2) is 0 Å². The minimum Gasteiger partial charge on any atom is -0.478 e. The lowest BCUT2D eigenvalue weighted by molar-refractivity contribution is -0.0230. The molecule has 0 radical (unpaired) electrons.